The van der Waals surface area contributed by atoms with Gasteiger partial charge in [-0.05, 0) is 98.7 Å². The SMILES string of the molecule is CC[C@H](C(=O)C[C@](C)(O)[C@H]1CC[C@H]2[C@@H]3CC=C4C[C@@H](OC(C)=O)CC[C@]4(C)[C@H]3CC[C@@]21C)C(C)C. The second-order valence-corrected chi connectivity index (χ2v) is 13.7. The van der Waals surface area contributed by atoms with Crippen LogP contribution in [0.2, 0.25) is 0 Å². The highest BCUT2D eigenvalue weighted by Crippen LogP contribution is 2.67. The van der Waals surface area contributed by atoms with Gasteiger partial charge in [-0.2, -0.15) is 0 Å². The minimum Gasteiger partial charge on any atom is -0.462 e. The Morgan fingerprint density at radius 3 is 2.49 bits per heavy atom. The summed E-state index contributed by atoms with van der Waals surface area (Å²) in [5.74, 6) is 2.58. The van der Waals surface area contributed by atoms with Crippen LogP contribution in [0.25, 0.3) is 0 Å². The maximum Gasteiger partial charge on any atom is 0.302 e. The number of aliphatic hydroxyl groups is 1. The van der Waals surface area contributed by atoms with Crippen LogP contribution < -0.4 is 0 Å². The van der Waals surface area contributed by atoms with E-state index in [9.17, 15) is 14.7 Å². The molecule has 0 amide bonds. The fraction of sp³-hybridized carbons (Fsp3) is 0.871. The summed E-state index contributed by atoms with van der Waals surface area (Å²) >= 11 is 0. The van der Waals surface area contributed by atoms with E-state index in [0.29, 0.717) is 30.1 Å². The quantitative estimate of drug-likeness (QED) is 0.314. The van der Waals surface area contributed by atoms with Crippen molar-refractivity contribution in [3.05, 3.63) is 11.6 Å². The molecule has 9 atom stereocenters. The molecule has 0 aromatic heterocycles. The van der Waals surface area contributed by atoms with E-state index in [4.69, 9.17) is 4.74 Å². The fourth-order valence-corrected chi connectivity index (χ4v) is 9.66. The molecule has 0 aromatic carbocycles. The lowest BCUT2D eigenvalue weighted by Gasteiger charge is -2.59. The summed E-state index contributed by atoms with van der Waals surface area (Å²) in [6.45, 7) is 14.7. The zero-order valence-corrected chi connectivity index (χ0v) is 23.4. The van der Waals surface area contributed by atoms with Crippen molar-refractivity contribution in [2.24, 2.45) is 46.3 Å². The third-order valence-electron chi connectivity index (χ3n) is 11.3. The van der Waals surface area contributed by atoms with Crippen molar-refractivity contribution in [1.29, 1.82) is 0 Å². The molecule has 0 saturated heterocycles. The first kappa shape index (κ1) is 26.9. The van der Waals surface area contributed by atoms with Gasteiger partial charge >= 0.3 is 5.97 Å². The molecule has 0 aromatic rings. The van der Waals surface area contributed by atoms with Crippen molar-refractivity contribution in [3.63, 3.8) is 0 Å². The monoisotopic (exact) mass is 486 g/mol. The average molecular weight is 487 g/mol. The summed E-state index contributed by atoms with van der Waals surface area (Å²) in [6.07, 6.45) is 12.3. The molecule has 0 heterocycles. The number of ketones is 1. The van der Waals surface area contributed by atoms with E-state index in [1.165, 1.54) is 25.3 Å². The van der Waals surface area contributed by atoms with Crippen LogP contribution in [-0.2, 0) is 14.3 Å². The van der Waals surface area contributed by atoms with Crippen molar-refractivity contribution < 1.29 is 19.4 Å². The highest BCUT2D eigenvalue weighted by atomic mass is 16.5. The normalized spacial score (nSPS) is 41.2. The molecule has 35 heavy (non-hydrogen) atoms. The van der Waals surface area contributed by atoms with E-state index >= 15 is 0 Å². The number of allylic oxidation sites excluding steroid dienone is 1. The Hall–Kier alpha value is -1.16. The highest BCUT2D eigenvalue weighted by molar-refractivity contribution is 5.82. The van der Waals surface area contributed by atoms with Gasteiger partial charge in [-0.1, -0.05) is 46.3 Å². The first-order valence-corrected chi connectivity index (χ1v) is 14.4. The van der Waals surface area contributed by atoms with Gasteiger partial charge in [0, 0.05) is 25.7 Å². The number of fused-ring (bicyclic) bond motifs is 5. The number of Topliss-reactive ketones (excluding diaryl/α,β-unsaturated/α-hetero) is 1. The van der Waals surface area contributed by atoms with Crippen LogP contribution in [0.3, 0.4) is 0 Å². The zero-order chi connectivity index (χ0) is 25.8. The lowest BCUT2D eigenvalue weighted by molar-refractivity contribution is -0.149. The predicted molar refractivity (Wildman–Crippen MR) is 140 cm³/mol. The van der Waals surface area contributed by atoms with E-state index in [1.54, 1.807) is 0 Å². The molecule has 0 unspecified atom stereocenters. The maximum absolute atomic E-state index is 13.2. The van der Waals surface area contributed by atoms with E-state index in [0.717, 1.165) is 44.9 Å². The van der Waals surface area contributed by atoms with Gasteiger partial charge in [-0.15, -0.1) is 0 Å². The molecule has 4 aliphatic rings. The lowest BCUT2D eigenvalue weighted by atomic mass is 9.46. The summed E-state index contributed by atoms with van der Waals surface area (Å²) in [6, 6.07) is 0. The Morgan fingerprint density at radius 2 is 1.86 bits per heavy atom. The molecule has 4 aliphatic carbocycles. The standard InChI is InChI=1S/C31H50O4/c1-8-23(19(2)3)27(33)18-31(7,34)28-12-11-25-24-10-9-21-17-22(35-20(4)32)13-15-29(21,5)26(24)14-16-30(25,28)6/h9,19,22-26,28,34H,8,10-18H2,1-7H3/t22-,23-,24-,25-,26-,28-,29-,30-,31-/m0/s1. The number of carbonyl (C=O) groups is 2. The molecular formula is C31H50O4. The molecule has 3 fully saturated rings. The van der Waals surface area contributed by atoms with Crippen LogP contribution >= 0.6 is 0 Å². The van der Waals surface area contributed by atoms with Crippen molar-refractivity contribution in [3.8, 4) is 0 Å². The Morgan fingerprint density at radius 1 is 1.14 bits per heavy atom. The molecule has 4 heteroatoms. The Kier molecular flexibility index (Phi) is 7.39. The van der Waals surface area contributed by atoms with Gasteiger partial charge in [-0.25, -0.2) is 0 Å². The minimum absolute atomic E-state index is 0.0403. The van der Waals surface area contributed by atoms with Gasteiger partial charge in [-0.3, -0.25) is 9.59 Å². The minimum atomic E-state index is -0.933. The zero-order valence-electron chi connectivity index (χ0n) is 23.4. The van der Waals surface area contributed by atoms with E-state index < -0.39 is 5.60 Å². The maximum atomic E-state index is 13.2. The average Bonchev–Trinajstić information content (AvgIpc) is 3.11. The van der Waals surface area contributed by atoms with Crippen LogP contribution in [0, 0.1) is 46.3 Å². The van der Waals surface area contributed by atoms with Crippen molar-refractivity contribution >= 4 is 11.8 Å². The van der Waals surface area contributed by atoms with Gasteiger partial charge < -0.3 is 9.84 Å². The summed E-state index contributed by atoms with van der Waals surface area (Å²) in [5.41, 5.74) is 0.896. The topological polar surface area (TPSA) is 63.6 Å². The van der Waals surface area contributed by atoms with Gasteiger partial charge in [0.05, 0.1) is 5.60 Å². The Labute approximate surface area is 213 Å². The molecule has 4 nitrogen and oxygen atoms in total. The Balaban J connectivity index is 1.52. The largest absolute Gasteiger partial charge is 0.462 e. The third-order valence-corrected chi connectivity index (χ3v) is 11.3. The van der Waals surface area contributed by atoms with Crippen LogP contribution in [0.1, 0.15) is 113 Å². The lowest BCUT2D eigenvalue weighted by Crippen LogP contribution is -2.53. The summed E-state index contributed by atoms with van der Waals surface area (Å²) in [4.78, 5) is 24.7. The summed E-state index contributed by atoms with van der Waals surface area (Å²) in [5, 5.41) is 11.8. The number of carbonyl (C=O) groups excluding carboxylic acids is 2. The molecule has 198 valence electrons. The third kappa shape index (κ3) is 4.66. The summed E-state index contributed by atoms with van der Waals surface area (Å²) in [7, 11) is 0. The molecule has 1 N–H and O–H groups in total. The van der Waals surface area contributed by atoms with Crippen LogP contribution in [-0.4, -0.2) is 28.6 Å². The van der Waals surface area contributed by atoms with Gasteiger partial charge in [0.2, 0.25) is 0 Å². The number of ether oxygens (including phenoxy) is 1. The van der Waals surface area contributed by atoms with E-state index in [-0.39, 0.29) is 40.5 Å². The fourth-order valence-electron chi connectivity index (χ4n) is 9.66. The van der Waals surface area contributed by atoms with Crippen molar-refractivity contribution in [2.45, 2.75) is 124 Å². The van der Waals surface area contributed by atoms with E-state index in [2.05, 4.69) is 40.7 Å². The van der Waals surface area contributed by atoms with Crippen molar-refractivity contribution in [2.75, 3.05) is 0 Å². The predicted octanol–water partition coefficient (Wildman–Crippen LogP) is 6.89. The molecular weight excluding hydrogens is 436 g/mol. The molecule has 4 rings (SSSR count). The Bertz CT molecular complexity index is 856. The molecule has 3 saturated carbocycles. The molecule has 0 bridgehead atoms. The van der Waals surface area contributed by atoms with Gasteiger partial charge in [0.25, 0.3) is 0 Å². The van der Waals surface area contributed by atoms with Crippen LogP contribution in [0.5, 0.6) is 0 Å². The second-order valence-electron chi connectivity index (χ2n) is 13.7. The second kappa shape index (κ2) is 9.62. The number of esters is 1. The first-order chi connectivity index (χ1) is 16.3. The van der Waals surface area contributed by atoms with Gasteiger partial charge in [0.15, 0.2) is 0 Å². The molecule has 0 spiro atoms. The molecule has 0 radical (unpaired) electrons. The van der Waals surface area contributed by atoms with Crippen LogP contribution in [0.15, 0.2) is 11.6 Å². The number of hydrogen-bond acceptors (Lipinski definition) is 4. The number of hydrogen-bond donors (Lipinski definition) is 1. The number of rotatable bonds is 7. The first-order valence-electron chi connectivity index (χ1n) is 14.4. The van der Waals surface area contributed by atoms with Crippen LogP contribution in [0.4, 0.5) is 0 Å². The highest BCUT2D eigenvalue weighted by Gasteiger charge is 2.61. The van der Waals surface area contributed by atoms with Gasteiger partial charge in [0.1, 0.15) is 11.9 Å². The smallest absolute Gasteiger partial charge is 0.302 e. The van der Waals surface area contributed by atoms with Crippen molar-refractivity contribution in [1.82, 2.24) is 0 Å². The molecule has 0 aliphatic heterocycles. The summed E-state index contributed by atoms with van der Waals surface area (Å²) < 4.78 is 5.59. The van der Waals surface area contributed by atoms with E-state index in [1.807, 2.05) is 6.92 Å².